The van der Waals surface area contributed by atoms with Crippen molar-refractivity contribution in [3.63, 3.8) is 0 Å². The van der Waals surface area contributed by atoms with Crippen LogP contribution in [0.15, 0.2) is 23.1 Å². The molecule has 10 nitrogen and oxygen atoms in total. The van der Waals surface area contributed by atoms with Gasteiger partial charge in [0.15, 0.2) is 5.69 Å². The van der Waals surface area contributed by atoms with Crippen molar-refractivity contribution in [2.75, 3.05) is 0 Å². The van der Waals surface area contributed by atoms with Crippen LogP contribution in [0.2, 0.25) is 0 Å². The highest BCUT2D eigenvalue weighted by Crippen LogP contribution is 2.51. The smallest absolute Gasteiger partial charge is 0.276 e. The van der Waals surface area contributed by atoms with Gasteiger partial charge in [-0.25, -0.2) is 32.2 Å². The number of hydrogen-bond donors (Lipinski definition) is 2. The summed E-state index contributed by atoms with van der Waals surface area (Å²) in [6.07, 6.45) is 4.49. The Morgan fingerprint density at radius 3 is 2.30 bits per heavy atom. The molecule has 2 unspecified atom stereocenters. The van der Waals surface area contributed by atoms with E-state index >= 15 is 0 Å². The molecule has 40 heavy (non-hydrogen) atoms. The van der Waals surface area contributed by atoms with Crippen LogP contribution in [0, 0.1) is 24.7 Å². The van der Waals surface area contributed by atoms with E-state index in [1.807, 2.05) is 0 Å². The van der Waals surface area contributed by atoms with E-state index in [0.29, 0.717) is 22.9 Å². The fourth-order valence-electron chi connectivity index (χ4n) is 5.51. The second kappa shape index (κ2) is 9.81. The largest absolute Gasteiger partial charge is 0.347 e. The van der Waals surface area contributed by atoms with Gasteiger partial charge in [0.25, 0.3) is 11.8 Å². The second-order valence-corrected chi connectivity index (χ2v) is 11.3. The molecule has 3 heterocycles. The van der Waals surface area contributed by atoms with E-state index in [0.717, 1.165) is 12.8 Å². The molecule has 3 aromatic heterocycles. The van der Waals surface area contributed by atoms with Gasteiger partial charge >= 0.3 is 0 Å². The van der Waals surface area contributed by atoms with Gasteiger partial charge in [0, 0.05) is 44.0 Å². The van der Waals surface area contributed by atoms with Gasteiger partial charge in [-0.3, -0.25) is 14.0 Å². The number of hydrogen-bond acceptors (Lipinski definition) is 7. The normalized spacial score (nSPS) is 23.5. The molecular weight excluding hydrogens is 534 g/mol. The van der Waals surface area contributed by atoms with Crippen LogP contribution in [0.3, 0.4) is 0 Å². The zero-order valence-corrected chi connectivity index (χ0v) is 21.7. The van der Waals surface area contributed by atoms with Gasteiger partial charge in [0.2, 0.25) is 17.6 Å². The highest BCUT2D eigenvalue weighted by atomic mass is 19.3. The number of fused-ring (bicyclic) bond motifs is 1. The molecule has 3 atom stereocenters. The minimum absolute atomic E-state index is 0.00212. The number of carbonyl (C=O) groups excluding carboxylic acids is 2. The van der Waals surface area contributed by atoms with Gasteiger partial charge in [-0.2, -0.15) is 0 Å². The molecule has 3 aromatic rings. The van der Waals surface area contributed by atoms with Crippen LogP contribution in [0.1, 0.15) is 91.0 Å². The summed E-state index contributed by atoms with van der Waals surface area (Å²) in [5, 5.41) is 13.1. The van der Waals surface area contributed by atoms with Crippen LogP contribution in [0.5, 0.6) is 0 Å². The van der Waals surface area contributed by atoms with Crippen molar-refractivity contribution in [3.8, 4) is 0 Å². The van der Waals surface area contributed by atoms with Gasteiger partial charge in [0.05, 0.1) is 23.5 Å². The Morgan fingerprint density at radius 2 is 1.68 bits per heavy atom. The number of imidazole rings is 1. The third kappa shape index (κ3) is 5.52. The Hall–Kier alpha value is -3.58. The predicted molar refractivity (Wildman–Crippen MR) is 130 cm³/mol. The highest BCUT2D eigenvalue weighted by Gasteiger charge is 2.57. The zero-order chi connectivity index (χ0) is 28.2. The zero-order valence-electron chi connectivity index (χ0n) is 21.7. The van der Waals surface area contributed by atoms with Crippen LogP contribution in [-0.2, 0) is 4.79 Å². The molecule has 3 fully saturated rings. The molecular formula is C26H29F4N7O3. The molecule has 2 amide bonds. The fourth-order valence-corrected chi connectivity index (χ4v) is 5.51. The molecule has 3 aliphatic rings. The predicted octanol–water partition coefficient (Wildman–Crippen LogP) is 4.33. The SMILES string of the molecule is Cc1nonc1C(=O)NC(c1cn2ccc(C(NC(=O)C[C@H]3CC3(F)F)C3CC3)nc2n1)C1CCC(F)(F)CC1. The average Bonchev–Trinajstić information content (AvgIpc) is 3.72. The lowest BCUT2D eigenvalue weighted by Gasteiger charge is -2.33. The molecule has 0 aromatic carbocycles. The molecule has 214 valence electrons. The quantitative estimate of drug-likeness (QED) is 0.371. The standard InChI is InChI=1S/C26H29F4N7O3/c1-13-20(36-40-35-13)23(39)34-22(15-4-7-25(27,28)8-5-15)18-12-37-9-6-17(31-24(37)32-18)21(14-2-3-14)33-19(38)10-16-11-26(16,29)30/h6,9,12,14-16,21-22H,2-5,7-8,10-11H2,1H3,(H,33,38)(H,34,39)/t16-,21?,22?/m0/s1. The summed E-state index contributed by atoms with van der Waals surface area (Å²) >= 11 is 0. The summed E-state index contributed by atoms with van der Waals surface area (Å²) in [5.41, 5.74) is 1.31. The number of nitrogens with one attached hydrogen (secondary N) is 2. The van der Waals surface area contributed by atoms with Crippen LogP contribution in [0.4, 0.5) is 17.6 Å². The Labute approximate surface area is 226 Å². The van der Waals surface area contributed by atoms with E-state index < -0.39 is 41.7 Å². The summed E-state index contributed by atoms with van der Waals surface area (Å²) in [6, 6.07) is 0.625. The Balaban J connectivity index is 1.25. The maximum absolute atomic E-state index is 13.9. The van der Waals surface area contributed by atoms with Crippen molar-refractivity contribution in [2.24, 2.45) is 17.8 Å². The van der Waals surface area contributed by atoms with Gasteiger partial charge in [-0.1, -0.05) is 5.16 Å². The van der Waals surface area contributed by atoms with E-state index in [2.05, 4.69) is 35.5 Å². The van der Waals surface area contributed by atoms with Crippen molar-refractivity contribution >= 4 is 17.6 Å². The lowest BCUT2D eigenvalue weighted by Crippen LogP contribution is -2.37. The molecule has 0 saturated heterocycles. The van der Waals surface area contributed by atoms with E-state index in [9.17, 15) is 27.2 Å². The summed E-state index contributed by atoms with van der Waals surface area (Å²) in [4.78, 5) is 34.8. The van der Waals surface area contributed by atoms with E-state index in [4.69, 9.17) is 0 Å². The number of rotatable bonds is 9. The molecule has 2 N–H and O–H groups in total. The third-order valence-corrected chi connectivity index (χ3v) is 8.19. The molecule has 14 heteroatoms. The molecule has 0 radical (unpaired) electrons. The van der Waals surface area contributed by atoms with E-state index in [1.165, 1.54) is 0 Å². The number of nitrogens with zero attached hydrogens (tertiary/aromatic N) is 5. The van der Waals surface area contributed by atoms with Crippen LogP contribution in [0.25, 0.3) is 5.78 Å². The first kappa shape index (κ1) is 26.6. The molecule has 0 spiro atoms. The van der Waals surface area contributed by atoms with E-state index in [-0.39, 0.29) is 56.1 Å². The number of aromatic nitrogens is 5. The number of halogens is 4. The number of alkyl halides is 4. The minimum atomic E-state index is -2.76. The molecule has 0 aliphatic heterocycles. The van der Waals surface area contributed by atoms with Crippen LogP contribution >= 0.6 is 0 Å². The average molecular weight is 564 g/mol. The van der Waals surface area contributed by atoms with Crippen molar-refractivity contribution in [2.45, 2.75) is 82.2 Å². The lowest BCUT2D eigenvalue weighted by atomic mass is 9.81. The van der Waals surface area contributed by atoms with E-state index in [1.54, 1.807) is 29.8 Å². The molecule has 3 saturated carbocycles. The maximum atomic E-state index is 13.9. The summed E-state index contributed by atoms with van der Waals surface area (Å²) in [6.45, 7) is 1.57. The molecule has 3 aliphatic carbocycles. The van der Waals surface area contributed by atoms with Crippen molar-refractivity contribution < 1.29 is 31.8 Å². The highest BCUT2D eigenvalue weighted by molar-refractivity contribution is 5.93. The maximum Gasteiger partial charge on any atom is 0.276 e. The Bertz CT molecular complexity index is 1430. The fraction of sp³-hybridized carbons (Fsp3) is 0.615. The molecule has 6 rings (SSSR count). The van der Waals surface area contributed by atoms with Crippen LogP contribution in [-0.4, -0.2) is 48.3 Å². The monoisotopic (exact) mass is 563 g/mol. The third-order valence-electron chi connectivity index (χ3n) is 8.19. The first-order valence-corrected chi connectivity index (χ1v) is 13.5. The van der Waals surface area contributed by atoms with Gasteiger partial charge < -0.3 is 10.6 Å². The first-order valence-electron chi connectivity index (χ1n) is 13.5. The second-order valence-electron chi connectivity index (χ2n) is 11.3. The summed E-state index contributed by atoms with van der Waals surface area (Å²) in [5.74, 6) is -7.25. The Kier molecular flexibility index (Phi) is 6.53. The van der Waals surface area contributed by atoms with Gasteiger partial charge in [0.1, 0.15) is 5.69 Å². The van der Waals surface area contributed by atoms with Crippen molar-refractivity contribution in [1.29, 1.82) is 0 Å². The first-order chi connectivity index (χ1) is 19.0. The summed E-state index contributed by atoms with van der Waals surface area (Å²) < 4.78 is 60.8. The van der Waals surface area contributed by atoms with Crippen LogP contribution < -0.4 is 10.6 Å². The van der Waals surface area contributed by atoms with Gasteiger partial charge in [-0.15, -0.1) is 0 Å². The van der Waals surface area contributed by atoms with Gasteiger partial charge in [-0.05, 0) is 55.7 Å². The summed E-state index contributed by atoms with van der Waals surface area (Å²) in [7, 11) is 0. The number of aryl methyl sites for hydroxylation is 1. The topological polar surface area (TPSA) is 127 Å². The number of amides is 2. The minimum Gasteiger partial charge on any atom is -0.347 e. The Morgan fingerprint density at radius 1 is 1.02 bits per heavy atom. The number of carbonyl (C=O) groups is 2. The van der Waals surface area contributed by atoms with Crippen molar-refractivity contribution in [1.82, 2.24) is 35.3 Å². The molecule has 0 bridgehead atoms. The lowest BCUT2D eigenvalue weighted by molar-refractivity contribution is -0.123. The van der Waals surface area contributed by atoms with Crippen molar-refractivity contribution in [3.05, 3.63) is 41.2 Å².